The van der Waals surface area contributed by atoms with E-state index in [0.29, 0.717) is 0 Å². The van der Waals surface area contributed by atoms with Crippen molar-refractivity contribution >= 4 is 0 Å². The zero-order valence-electron chi connectivity index (χ0n) is 9.53. The van der Waals surface area contributed by atoms with Gasteiger partial charge in [0, 0.05) is 12.0 Å². The summed E-state index contributed by atoms with van der Waals surface area (Å²) in [6.45, 7) is 4.43. The molecule has 1 aromatic rings. The molecule has 0 aromatic heterocycles. The molecule has 0 atom stereocenters. The molecule has 1 aromatic carbocycles. The average molecular weight is 208 g/mol. The van der Waals surface area contributed by atoms with E-state index in [4.69, 9.17) is 5.11 Å². The van der Waals surface area contributed by atoms with E-state index in [2.05, 4.69) is 12.1 Å². The molecule has 0 saturated carbocycles. The number of rotatable bonds is 5. The largest absolute Gasteiger partial charge is 0.396 e. The molecule has 0 heterocycles. The molecule has 0 radical (unpaired) electrons. The third-order valence-electron chi connectivity index (χ3n) is 2.73. The number of hydrogen-bond donors (Lipinski definition) is 2. The fourth-order valence-corrected chi connectivity index (χ4v) is 1.52. The van der Waals surface area contributed by atoms with Gasteiger partial charge in [-0.25, -0.2) is 0 Å². The monoisotopic (exact) mass is 208 g/mol. The van der Waals surface area contributed by atoms with Crippen LogP contribution in [-0.4, -0.2) is 23.4 Å². The van der Waals surface area contributed by atoms with Crippen LogP contribution < -0.4 is 0 Å². The van der Waals surface area contributed by atoms with Gasteiger partial charge in [0.2, 0.25) is 0 Å². The Bertz CT molecular complexity index is 305. The number of aliphatic hydroxyl groups excluding tert-OH is 2. The van der Waals surface area contributed by atoms with Crippen molar-refractivity contribution in [3.05, 3.63) is 35.4 Å². The maximum Gasteiger partial charge on any atom is 0.0522 e. The first kappa shape index (κ1) is 12.2. The van der Waals surface area contributed by atoms with Crippen LogP contribution in [0.2, 0.25) is 0 Å². The average Bonchev–Trinajstić information content (AvgIpc) is 2.27. The Morgan fingerprint density at radius 2 is 1.93 bits per heavy atom. The molecule has 2 heteroatoms. The van der Waals surface area contributed by atoms with Crippen LogP contribution in [0.1, 0.15) is 31.4 Å². The van der Waals surface area contributed by atoms with Crippen molar-refractivity contribution in [3.63, 3.8) is 0 Å². The summed E-state index contributed by atoms with van der Waals surface area (Å²) in [7, 11) is 0. The van der Waals surface area contributed by atoms with Gasteiger partial charge in [-0.3, -0.25) is 0 Å². The van der Waals surface area contributed by atoms with Crippen LogP contribution >= 0.6 is 0 Å². The molecule has 0 bridgehead atoms. The minimum atomic E-state index is -0.185. The molecule has 2 N–H and O–H groups in total. The maximum atomic E-state index is 9.27. The van der Waals surface area contributed by atoms with Crippen molar-refractivity contribution in [2.45, 2.75) is 32.1 Å². The zero-order valence-corrected chi connectivity index (χ0v) is 9.53. The highest BCUT2D eigenvalue weighted by atomic mass is 16.3. The Morgan fingerprint density at radius 3 is 2.53 bits per heavy atom. The smallest absolute Gasteiger partial charge is 0.0522 e. The van der Waals surface area contributed by atoms with E-state index >= 15 is 0 Å². The van der Waals surface area contributed by atoms with Crippen molar-refractivity contribution in [2.75, 3.05) is 13.2 Å². The first-order valence-electron chi connectivity index (χ1n) is 5.41. The summed E-state index contributed by atoms with van der Waals surface area (Å²) in [5, 5.41) is 18.0. The molecule has 0 amide bonds. The lowest BCUT2D eigenvalue weighted by Gasteiger charge is -2.22. The molecular formula is C13H20O2. The molecule has 0 aliphatic heterocycles. The predicted octanol–water partition coefficient (Wildman–Crippen LogP) is 1.88. The van der Waals surface area contributed by atoms with Crippen LogP contribution in [0, 0.1) is 0 Å². The highest BCUT2D eigenvalue weighted by Gasteiger charge is 2.19. The molecule has 2 nitrogen and oxygen atoms in total. The van der Waals surface area contributed by atoms with Crippen LogP contribution in [0.4, 0.5) is 0 Å². The Hall–Kier alpha value is -0.860. The molecule has 0 aliphatic rings. The van der Waals surface area contributed by atoms with Gasteiger partial charge in [-0.15, -0.1) is 0 Å². The van der Waals surface area contributed by atoms with Crippen LogP contribution in [0.25, 0.3) is 0 Å². The standard InChI is InChI=1S/C13H20O2/c1-13(2,10-15)12-7-3-5-11(9-12)6-4-8-14/h3,5,7,9,14-15H,4,6,8,10H2,1-2H3. The quantitative estimate of drug-likeness (QED) is 0.775. The van der Waals surface area contributed by atoms with E-state index in [-0.39, 0.29) is 18.6 Å². The van der Waals surface area contributed by atoms with Gasteiger partial charge in [0.15, 0.2) is 0 Å². The molecule has 0 spiro atoms. The summed E-state index contributed by atoms with van der Waals surface area (Å²) in [4.78, 5) is 0. The molecule has 0 unspecified atom stereocenters. The van der Waals surface area contributed by atoms with Crippen LogP contribution in [0.5, 0.6) is 0 Å². The molecular weight excluding hydrogens is 188 g/mol. The van der Waals surface area contributed by atoms with Gasteiger partial charge in [-0.2, -0.15) is 0 Å². The number of benzene rings is 1. The van der Waals surface area contributed by atoms with Gasteiger partial charge >= 0.3 is 0 Å². The second-order valence-electron chi connectivity index (χ2n) is 4.57. The van der Waals surface area contributed by atoms with E-state index in [1.165, 1.54) is 5.56 Å². The number of aliphatic hydroxyl groups is 2. The van der Waals surface area contributed by atoms with Crippen molar-refractivity contribution in [2.24, 2.45) is 0 Å². The van der Waals surface area contributed by atoms with Crippen molar-refractivity contribution < 1.29 is 10.2 Å². The van der Waals surface area contributed by atoms with Gasteiger partial charge < -0.3 is 10.2 Å². The Kier molecular flexibility index (Phi) is 4.30. The van der Waals surface area contributed by atoms with Crippen LogP contribution in [0.15, 0.2) is 24.3 Å². The minimum absolute atomic E-state index is 0.149. The summed E-state index contributed by atoms with van der Waals surface area (Å²) >= 11 is 0. The number of hydrogen-bond acceptors (Lipinski definition) is 2. The SMILES string of the molecule is CC(C)(CO)c1cccc(CCCO)c1. The Morgan fingerprint density at radius 1 is 1.20 bits per heavy atom. The summed E-state index contributed by atoms with van der Waals surface area (Å²) in [5.74, 6) is 0. The van der Waals surface area contributed by atoms with Crippen molar-refractivity contribution in [3.8, 4) is 0 Å². The van der Waals surface area contributed by atoms with E-state index < -0.39 is 0 Å². The highest BCUT2D eigenvalue weighted by molar-refractivity contribution is 5.29. The molecule has 1 rings (SSSR count). The number of aryl methyl sites for hydroxylation is 1. The van der Waals surface area contributed by atoms with Crippen molar-refractivity contribution in [1.29, 1.82) is 0 Å². The van der Waals surface area contributed by atoms with E-state index in [9.17, 15) is 5.11 Å². The lowest BCUT2D eigenvalue weighted by Crippen LogP contribution is -2.22. The fraction of sp³-hybridized carbons (Fsp3) is 0.538. The first-order valence-corrected chi connectivity index (χ1v) is 5.41. The summed E-state index contributed by atoms with van der Waals surface area (Å²) < 4.78 is 0. The van der Waals surface area contributed by atoms with Gasteiger partial charge in [-0.05, 0) is 24.0 Å². The predicted molar refractivity (Wildman–Crippen MR) is 62.0 cm³/mol. The van der Waals surface area contributed by atoms with Gasteiger partial charge in [0.1, 0.15) is 0 Å². The third-order valence-corrected chi connectivity index (χ3v) is 2.73. The Balaban J connectivity index is 2.82. The zero-order chi connectivity index (χ0) is 11.3. The van der Waals surface area contributed by atoms with E-state index in [1.807, 2.05) is 26.0 Å². The first-order chi connectivity index (χ1) is 7.10. The summed E-state index contributed by atoms with van der Waals surface area (Å²) in [6, 6.07) is 8.23. The van der Waals surface area contributed by atoms with Crippen molar-refractivity contribution in [1.82, 2.24) is 0 Å². The maximum absolute atomic E-state index is 9.27. The third kappa shape index (κ3) is 3.33. The molecule has 0 saturated heterocycles. The van der Waals surface area contributed by atoms with Gasteiger partial charge in [0.05, 0.1) is 6.61 Å². The van der Waals surface area contributed by atoms with Crippen LogP contribution in [-0.2, 0) is 11.8 Å². The molecule has 84 valence electrons. The fourth-order valence-electron chi connectivity index (χ4n) is 1.52. The molecule has 0 aliphatic carbocycles. The molecule has 0 fully saturated rings. The highest BCUT2D eigenvalue weighted by Crippen LogP contribution is 2.23. The minimum Gasteiger partial charge on any atom is -0.396 e. The van der Waals surface area contributed by atoms with Gasteiger partial charge in [-0.1, -0.05) is 38.1 Å². The normalized spacial score (nSPS) is 11.7. The topological polar surface area (TPSA) is 40.5 Å². The lowest BCUT2D eigenvalue weighted by molar-refractivity contribution is 0.218. The Labute approximate surface area is 91.6 Å². The molecule has 15 heavy (non-hydrogen) atoms. The van der Waals surface area contributed by atoms with Crippen LogP contribution in [0.3, 0.4) is 0 Å². The lowest BCUT2D eigenvalue weighted by atomic mass is 9.84. The second-order valence-corrected chi connectivity index (χ2v) is 4.57. The van der Waals surface area contributed by atoms with E-state index in [0.717, 1.165) is 18.4 Å². The van der Waals surface area contributed by atoms with Gasteiger partial charge in [0.25, 0.3) is 0 Å². The second kappa shape index (κ2) is 5.29. The van der Waals surface area contributed by atoms with E-state index in [1.54, 1.807) is 0 Å². The summed E-state index contributed by atoms with van der Waals surface area (Å²) in [6.07, 6.45) is 1.69. The summed E-state index contributed by atoms with van der Waals surface area (Å²) in [5.41, 5.74) is 2.19.